The Morgan fingerprint density at radius 1 is 1.24 bits per heavy atom. The molecule has 0 heterocycles. The van der Waals surface area contributed by atoms with Crippen LogP contribution in [0, 0.1) is 12.8 Å². The molecule has 1 aromatic carbocycles. The van der Waals surface area contributed by atoms with Gasteiger partial charge in [0.1, 0.15) is 0 Å². The lowest BCUT2D eigenvalue weighted by Gasteiger charge is -2.32. The van der Waals surface area contributed by atoms with Crippen LogP contribution in [0.1, 0.15) is 29.5 Å². The molecule has 0 aromatic heterocycles. The molecule has 0 amide bonds. The molecule has 0 unspecified atom stereocenters. The van der Waals surface area contributed by atoms with Crippen molar-refractivity contribution in [2.75, 3.05) is 0 Å². The Morgan fingerprint density at radius 2 is 1.88 bits per heavy atom. The molecule has 1 aromatic rings. The minimum atomic E-state index is -4.25. The van der Waals surface area contributed by atoms with Crippen molar-refractivity contribution in [3.63, 3.8) is 0 Å². The number of hydrogen-bond donors (Lipinski definition) is 1. The smallest absolute Gasteiger partial charge is 0.328 e. The van der Waals surface area contributed by atoms with Crippen LogP contribution in [0.5, 0.6) is 0 Å². The molecule has 1 aliphatic rings. The zero-order valence-electron chi connectivity index (χ0n) is 9.72. The first-order chi connectivity index (χ1) is 7.84. The second-order valence-electron chi connectivity index (χ2n) is 5.01. The summed E-state index contributed by atoms with van der Waals surface area (Å²) in [7, 11) is 0. The first-order valence-corrected chi connectivity index (χ1v) is 5.78. The molecule has 1 fully saturated rings. The van der Waals surface area contributed by atoms with Gasteiger partial charge in [-0.1, -0.05) is 11.6 Å². The third kappa shape index (κ3) is 3.00. The summed E-state index contributed by atoms with van der Waals surface area (Å²) in [5.74, 6) is 0.452. The average molecular weight is 243 g/mol. The molecule has 0 radical (unpaired) electrons. The summed E-state index contributed by atoms with van der Waals surface area (Å²) in [6.45, 7) is 1.70. The largest absolute Gasteiger partial charge is 0.416 e. The van der Waals surface area contributed by atoms with Crippen LogP contribution in [0.4, 0.5) is 13.2 Å². The molecular formula is C13H16F3N. The van der Waals surface area contributed by atoms with Crippen molar-refractivity contribution in [3.8, 4) is 0 Å². The standard InChI is InChI=1S/C13H16F3N/c1-8-2-9(4-10-6-12(17)7-10)5-11(3-8)13(14,15)16/h2-3,5,10,12H,4,6-7,17H2,1H3/t10-,12+. The lowest BCUT2D eigenvalue weighted by molar-refractivity contribution is -0.137. The SMILES string of the molecule is Cc1cc(C[C@H]2C[C@@H](N)C2)cc(C(F)(F)F)c1. The minimum Gasteiger partial charge on any atom is -0.328 e. The van der Waals surface area contributed by atoms with Crippen molar-refractivity contribution < 1.29 is 13.2 Å². The van der Waals surface area contributed by atoms with E-state index in [-0.39, 0.29) is 6.04 Å². The lowest BCUT2D eigenvalue weighted by Crippen LogP contribution is -2.37. The summed E-state index contributed by atoms with van der Waals surface area (Å²) < 4.78 is 37.9. The second kappa shape index (κ2) is 4.33. The van der Waals surface area contributed by atoms with E-state index in [1.165, 1.54) is 12.1 Å². The van der Waals surface area contributed by atoms with Crippen molar-refractivity contribution in [2.45, 2.75) is 38.4 Å². The van der Waals surface area contributed by atoms with Gasteiger partial charge in [-0.3, -0.25) is 0 Å². The highest BCUT2D eigenvalue weighted by Crippen LogP contribution is 2.33. The topological polar surface area (TPSA) is 26.0 Å². The number of hydrogen-bond acceptors (Lipinski definition) is 1. The third-order valence-corrected chi connectivity index (χ3v) is 3.26. The summed E-state index contributed by atoms with van der Waals surface area (Å²) in [5, 5.41) is 0. The maximum Gasteiger partial charge on any atom is 0.416 e. The van der Waals surface area contributed by atoms with Crippen molar-refractivity contribution in [1.29, 1.82) is 0 Å². The van der Waals surface area contributed by atoms with E-state index in [4.69, 9.17) is 5.73 Å². The monoisotopic (exact) mass is 243 g/mol. The fraction of sp³-hybridized carbons (Fsp3) is 0.538. The number of rotatable bonds is 2. The third-order valence-electron chi connectivity index (χ3n) is 3.26. The Labute approximate surface area is 98.8 Å². The van der Waals surface area contributed by atoms with Crippen molar-refractivity contribution >= 4 is 0 Å². The quantitative estimate of drug-likeness (QED) is 0.847. The fourth-order valence-electron chi connectivity index (χ4n) is 2.43. The number of benzene rings is 1. The molecule has 1 nitrogen and oxygen atoms in total. The van der Waals surface area contributed by atoms with E-state index in [0.29, 0.717) is 17.9 Å². The summed E-state index contributed by atoms with van der Waals surface area (Å²) in [5.41, 5.74) is 6.56. The number of aryl methyl sites for hydroxylation is 1. The Hall–Kier alpha value is -1.03. The molecule has 0 atom stereocenters. The van der Waals surface area contributed by atoms with E-state index in [1.807, 2.05) is 6.07 Å². The molecule has 2 N–H and O–H groups in total. The van der Waals surface area contributed by atoms with Crippen LogP contribution in [-0.2, 0) is 12.6 Å². The highest BCUT2D eigenvalue weighted by Gasteiger charge is 2.31. The molecule has 0 saturated heterocycles. The molecule has 2 rings (SSSR count). The summed E-state index contributed by atoms with van der Waals surface area (Å²) in [4.78, 5) is 0. The Morgan fingerprint density at radius 3 is 2.41 bits per heavy atom. The average Bonchev–Trinajstić information content (AvgIpc) is 2.13. The molecule has 4 heteroatoms. The number of alkyl halides is 3. The fourth-order valence-corrected chi connectivity index (χ4v) is 2.43. The van der Waals surface area contributed by atoms with E-state index in [1.54, 1.807) is 6.92 Å². The van der Waals surface area contributed by atoms with E-state index >= 15 is 0 Å². The van der Waals surface area contributed by atoms with Gasteiger partial charge >= 0.3 is 6.18 Å². The second-order valence-corrected chi connectivity index (χ2v) is 5.01. The molecular weight excluding hydrogens is 227 g/mol. The molecule has 1 aliphatic carbocycles. The summed E-state index contributed by atoms with van der Waals surface area (Å²) in [6, 6.07) is 4.53. The van der Waals surface area contributed by atoms with E-state index in [0.717, 1.165) is 18.4 Å². The zero-order valence-corrected chi connectivity index (χ0v) is 9.72. The maximum absolute atomic E-state index is 12.6. The number of nitrogens with two attached hydrogens (primary N) is 1. The van der Waals surface area contributed by atoms with Gasteiger partial charge in [-0.25, -0.2) is 0 Å². The van der Waals surface area contributed by atoms with Gasteiger partial charge in [0.2, 0.25) is 0 Å². The molecule has 94 valence electrons. The van der Waals surface area contributed by atoms with Crippen LogP contribution in [0.2, 0.25) is 0 Å². The van der Waals surface area contributed by atoms with Crippen molar-refractivity contribution in [1.82, 2.24) is 0 Å². The highest BCUT2D eigenvalue weighted by atomic mass is 19.4. The predicted molar refractivity (Wildman–Crippen MR) is 60.6 cm³/mol. The van der Waals surface area contributed by atoms with Gasteiger partial charge in [-0.05, 0) is 49.8 Å². The van der Waals surface area contributed by atoms with Gasteiger partial charge in [-0.2, -0.15) is 13.2 Å². The van der Waals surface area contributed by atoms with Crippen molar-refractivity contribution in [3.05, 3.63) is 34.9 Å². The summed E-state index contributed by atoms with van der Waals surface area (Å²) in [6.07, 6.45) is -1.69. The predicted octanol–water partition coefficient (Wildman–Crippen LogP) is 3.29. The van der Waals surface area contributed by atoms with E-state index in [9.17, 15) is 13.2 Å². The van der Waals surface area contributed by atoms with Gasteiger partial charge in [-0.15, -0.1) is 0 Å². The molecule has 0 aliphatic heterocycles. The first kappa shape index (κ1) is 12.4. The van der Waals surface area contributed by atoms with Crippen LogP contribution in [0.3, 0.4) is 0 Å². The van der Waals surface area contributed by atoms with Crippen LogP contribution in [0.25, 0.3) is 0 Å². The lowest BCUT2D eigenvalue weighted by atomic mass is 9.77. The van der Waals surface area contributed by atoms with Crippen LogP contribution >= 0.6 is 0 Å². The van der Waals surface area contributed by atoms with Crippen LogP contribution in [0.15, 0.2) is 18.2 Å². The van der Waals surface area contributed by atoms with Gasteiger partial charge < -0.3 is 5.73 Å². The maximum atomic E-state index is 12.6. The minimum absolute atomic E-state index is 0.242. The Balaban J connectivity index is 2.14. The van der Waals surface area contributed by atoms with E-state index < -0.39 is 11.7 Å². The van der Waals surface area contributed by atoms with E-state index in [2.05, 4.69) is 0 Å². The molecule has 0 bridgehead atoms. The normalized spacial score (nSPS) is 24.5. The van der Waals surface area contributed by atoms with Crippen molar-refractivity contribution in [2.24, 2.45) is 11.7 Å². The molecule has 0 spiro atoms. The Kier molecular flexibility index (Phi) is 3.17. The molecule has 1 saturated carbocycles. The van der Waals surface area contributed by atoms with Gasteiger partial charge in [0.25, 0.3) is 0 Å². The van der Waals surface area contributed by atoms with Crippen LogP contribution < -0.4 is 5.73 Å². The molecule has 17 heavy (non-hydrogen) atoms. The first-order valence-electron chi connectivity index (χ1n) is 5.78. The van der Waals surface area contributed by atoms with Gasteiger partial charge in [0, 0.05) is 6.04 Å². The number of halogens is 3. The van der Waals surface area contributed by atoms with Gasteiger partial charge in [0.15, 0.2) is 0 Å². The van der Waals surface area contributed by atoms with Crippen LogP contribution in [-0.4, -0.2) is 6.04 Å². The Bertz CT molecular complexity index is 406. The highest BCUT2D eigenvalue weighted by molar-refractivity contribution is 5.31. The summed E-state index contributed by atoms with van der Waals surface area (Å²) >= 11 is 0. The van der Waals surface area contributed by atoms with Gasteiger partial charge in [0.05, 0.1) is 5.56 Å². The zero-order chi connectivity index (χ0) is 12.6.